The zero-order chi connectivity index (χ0) is 12.4. The number of hydrogen-bond acceptors (Lipinski definition) is 3. The summed E-state index contributed by atoms with van der Waals surface area (Å²) < 4.78 is 7.24. The van der Waals surface area contributed by atoms with Gasteiger partial charge in [-0.25, -0.2) is 9.48 Å². The van der Waals surface area contributed by atoms with Gasteiger partial charge in [-0.1, -0.05) is 15.9 Å². The highest BCUT2D eigenvalue weighted by atomic mass is 79.9. The molecule has 0 unspecified atom stereocenters. The van der Waals surface area contributed by atoms with Gasteiger partial charge >= 0.3 is 5.97 Å². The summed E-state index contributed by atoms with van der Waals surface area (Å²) in [5, 5.41) is 4.28. The molecule has 2 rings (SSSR count). The third kappa shape index (κ3) is 2.39. The summed E-state index contributed by atoms with van der Waals surface area (Å²) >= 11 is 3.33. The second kappa shape index (κ2) is 4.71. The van der Waals surface area contributed by atoms with Crippen molar-refractivity contribution in [3.63, 3.8) is 0 Å². The summed E-state index contributed by atoms with van der Waals surface area (Å²) in [7, 11) is 1.36. The largest absolute Gasteiger partial charge is 0.465 e. The first-order valence-corrected chi connectivity index (χ1v) is 5.81. The lowest BCUT2D eigenvalue weighted by molar-refractivity contribution is 0.0600. The third-order valence-corrected chi connectivity index (χ3v) is 2.83. The molecule has 0 N–H and O–H groups in total. The molecule has 88 valence electrons. The number of halogens is 1. The molecule has 2 aromatic rings. The zero-order valence-corrected chi connectivity index (χ0v) is 11.1. The number of esters is 1. The fraction of sp³-hybridized carbons (Fsp3) is 0.167. The Labute approximate surface area is 107 Å². The maximum absolute atomic E-state index is 11.7. The molecule has 0 aliphatic rings. The van der Waals surface area contributed by atoms with E-state index in [0.29, 0.717) is 11.3 Å². The highest BCUT2D eigenvalue weighted by Gasteiger charge is 2.14. The van der Waals surface area contributed by atoms with Crippen molar-refractivity contribution in [3.8, 4) is 5.69 Å². The van der Waals surface area contributed by atoms with Gasteiger partial charge in [-0.3, -0.25) is 0 Å². The van der Waals surface area contributed by atoms with E-state index in [9.17, 15) is 4.79 Å². The smallest absolute Gasteiger partial charge is 0.340 e. The first-order chi connectivity index (χ1) is 8.11. The van der Waals surface area contributed by atoms with Gasteiger partial charge in [0.15, 0.2) is 0 Å². The minimum absolute atomic E-state index is 0.380. The molecule has 0 aliphatic carbocycles. The van der Waals surface area contributed by atoms with Crippen LogP contribution in [0, 0.1) is 6.92 Å². The number of methoxy groups -OCH3 is 1. The van der Waals surface area contributed by atoms with Crippen molar-refractivity contribution in [2.45, 2.75) is 6.92 Å². The molecular formula is C12H11BrN2O2. The molecule has 0 aliphatic heterocycles. The van der Waals surface area contributed by atoms with Gasteiger partial charge in [0.2, 0.25) is 0 Å². The molecule has 0 saturated heterocycles. The van der Waals surface area contributed by atoms with E-state index in [-0.39, 0.29) is 5.97 Å². The lowest BCUT2D eigenvalue weighted by Gasteiger charge is -2.08. The first kappa shape index (κ1) is 11.9. The Bertz CT molecular complexity index is 563. The highest BCUT2D eigenvalue weighted by Crippen LogP contribution is 2.20. The Kier molecular flexibility index (Phi) is 3.28. The molecule has 5 heteroatoms. The average Bonchev–Trinajstić information content (AvgIpc) is 2.74. The maximum Gasteiger partial charge on any atom is 0.340 e. The van der Waals surface area contributed by atoms with Crippen molar-refractivity contribution in [2.75, 3.05) is 7.11 Å². The third-order valence-electron chi connectivity index (χ3n) is 2.33. The van der Waals surface area contributed by atoms with E-state index in [1.807, 2.05) is 31.3 Å². The Morgan fingerprint density at radius 1 is 1.41 bits per heavy atom. The molecule has 0 fully saturated rings. The van der Waals surface area contributed by atoms with Gasteiger partial charge in [0.05, 0.1) is 24.1 Å². The number of hydrogen-bond donors (Lipinski definition) is 0. The number of benzene rings is 1. The van der Waals surface area contributed by atoms with Gasteiger partial charge in [-0.15, -0.1) is 0 Å². The van der Waals surface area contributed by atoms with Crippen LogP contribution in [0.2, 0.25) is 0 Å². The van der Waals surface area contributed by atoms with Crippen LogP contribution < -0.4 is 0 Å². The van der Waals surface area contributed by atoms with Crippen LogP contribution in [-0.2, 0) is 4.74 Å². The van der Waals surface area contributed by atoms with Crippen molar-refractivity contribution >= 4 is 21.9 Å². The van der Waals surface area contributed by atoms with Crippen molar-refractivity contribution in [1.29, 1.82) is 0 Å². The molecule has 0 bridgehead atoms. The fourth-order valence-electron chi connectivity index (χ4n) is 1.53. The van der Waals surface area contributed by atoms with E-state index < -0.39 is 0 Å². The molecule has 0 radical (unpaired) electrons. The molecule has 0 spiro atoms. The van der Waals surface area contributed by atoms with Crippen molar-refractivity contribution in [2.24, 2.45) is 0 Å². The Morgan fingerprint density at radius 2 is 2.18 bits per heavy atom. The number of aryl methyl sites for hydroxylation is 1. The number of aromatic nitrogens is 2. The van der Waals surface area contributed by atoms with Gasteiger partial charge in [0.25, 0.3) is 0 Å². The molecule has 17 heavy (non-hydrogen) atoms. The van der Waals surface area contributed by atoms with Crippen molar-refractivity contribution < 1.29 is 9.53 Å². The molecule has 0 amide bonds. The van der Waals surface area contributed by atoms with Crippen molar-refractivity contribution in [3.05, 3.63) is 46.2 Å². The first-order valence-electron chi connectivity index (χ1n) is 5.02. The predicted molar refractivity (Wildman–Crippen MR) is 67.3 cm³/mol. The van der Waals surface area contributed by atoms with E-state index in [1.54, 1.807) is 10.7 Å². The van der Waals surface area contributed by atoms with E-state index in [2.05, 4.69) is 21.0 Å². The summed E-state index contributed by atoms with van der Waals surface area (Å²) in [6.45, 7) is 1.90. The molecule has 1 aromatic carbocycles. The standard InChI is InChI=1S/C12H11BrN2O2/c1-8-5-6-15(14-8)11-4-3-9(13)7-10(11)12(16)17-2/h3-7H,1-2H3. The normalized spacial score (nSPS) is 10.3. The van der Waals surface area contributed by atoms with Gasteiger partial charge in [0.1, 0.15) is 0 Å². The summed E-state index contributed by atoms with van der Waals surface area (Å²) in [6, 6.07) is 7.28. The minimum Gasteiger partial charge on any atom is -0.465 e. The van der Waals surface area contributed by atoms with Crippen LogP contribution in [0.1, 0.15) is 16.1 Å². The Balaban J connectivity index is 2.57. The molecular weight excluding hydrogens is 284 g/mol. The minimum atomic E-state index is -0.380. The number of ether oxygens (including phenoxy) is 1. The van der Waals surface area contributed by atoms with Crippen LogP contribution in [0.25, 0.3) is 5.69 Å². The fourth-order valence-corrected chi connectivity index (χ4v) is 1.89. The zero-order valence-electron chi connectivity index (χ0n) is 9.48. The van der Waals surface area contributed by atoms with Gasteiger partial charge in [0, 0.05) is 10.7 Å². The number of carbonyl (C=O) groups is 1. The molecule has 0 atom stereocenters. The van der Waals surface area contributed by atoms with Crippen LogP contribution in [0.4, 0.5) is 0 Å². The SMILES string of the molecule is COC(=O)c1cc(Br)ccc1-n1ccc(C)n1. The van der Waals surface area contributed by atoms with Crippen LogP contribution >= 0.6 is 15.9 Å². The topological polar surface area (TPSA) is 44.1 Å². The number of carbonyl (C=O) groups excluding carboxylic acids is 1. The highest BCUT2D eigenvalue weighted by molar-refractivity contribution is 9.10. The number of rotatable bonds is 2. The molecule has 4 nitrogen and oxygen atoms in total. The van der Waals surface area contributed by atoms with Gasteiger partial charge in [-0.2, -0.15) is 5.10 Å². The summed E-state index contributed by atoms with van der Waals surface area (Å²) in [5.74, 6) is -0.380. The van der Waals surface area contributed by atoms with Crippen LogP contribution in [0.5, 0.6) is 0 Å². The summed E-state index contributed by atoms with van der Waals surface area (Å²) in [5.41, 5.74) is 2.07. The number of nitrogens with zero attached hydrogens (tertiary/aromatic N) is 2. The molecule has 1 heterocycles. The lowest BCUT2D eigenvalue weighted by atomic mass is 10.2. The van der Waals surface area contributed by atoms with Gasteiger partial charge in [-0.05, 0) is 31.2 Å². The van der Waals surface area contributed by atoms with E-state index in [4.69, 9.17) is 4.74 Å². The predicted octanol–water partition coefficient (Wildman–Crippen LogP) is 2.73. The lowest BCUT2D eigenvalue weighted by Crippen LogP contribution is -2.08. The monoisotopic (exact) mass is 294 g/mol. The van der Waals surface area contributed by atoms with Gasteiger partial charge < -0.3 is 4.74 Å². The summed E-state index contributed by atoms with van der Waals surface area (Å²) in [4.78, 5) is 11.7. The van der Waals surface area contributed by atoms with E-state index >= 15 is 0 Å². The van der Waals surface area contributed by atoms with Crippen molar-refractivity contribution in [1.82, 2.24) is 9.78 Å². The molecule has 1 aromatic heterocycles. The summed E-state index contributed by atoms with van der Waals surface area (Å²) in [6.07, 6.45) is 1.81. The average molecular weight is 295 g/mol. The maximum atomic E-state index is 11.7. The second-order valence-electron chi connectivity index (χ2n) is 3.55. The Hall–Kier alpha value is -1.62. The quantitative estimate of drug-likeness (QED) is 0.800. The van der Waals surface area contributed by atoms with Crippen LogP contribution in [0.15, 0.2) is 34.9 Å². The van der Waals surface area contributed by atoms with E-state index in [1.165, 1.54) is 7.11 Å². The van der Waals surface area contributed by atoms with Crippen LogP contribution in [0.3, 0.4) is 0 Å². The van der Waals surface area contributed by atoms with Crippen LogP contribution in [-0.4, -0.2) is 22.9 Å². The second-order valence-corrected chi connectivity index (χ2v) is 4.47. The molecule has 0 saturated carbocycles. The Morgan fingerprint density at radius 3 is 2.76 bits per heavy atom. The van der Waals surface area contributed by atoms with E-state index in [0.717, 1.165) is 10.2 Å².